The van der Waals surface area contributed by atoms with Gasteiger partial charge in [-0.2, -0.15) is 0 Å². The maximum absolute atomic E-state index is 9.26. The van der Waals surface area contributed by atoms with E-state index in [0.29, 0.717) is 5.75 Å². The number of aromatic hydroxyl groups is 1. The van der Waals surface area contributed by atoms with Gasteiger partial charge >= 0.3 is 0 Å². The highest BCUT2D eigenvalue weighted by Crippen LogP contribution is 2.10. The third kappa shape index (κ3) is 6.02. The molecule has 0 spiro atoms. The Morgan fingerprint density at radius 2 is 1.61 bits per heavy atom. The smallest absolute Gasteiger partial charge is 0.191 e. The Hall–Kier alpha value is -2.49. The number of hydrogen-bond donors (Lipinski definition) is 3. The van der Waals surface area contributed by atoms with E-state index in [-0.39, 0.29) is 0 Å². The maximum atomic E-state index is 9.26. The minimum absolute atomic E-state index is 0.313. The lowest BCUT2D eigenvalue weighted by atomic mass is 10.1. The summed E-state index contributed by atoms with van der Waals surface area (Å²) >= 11 is 0. The van der Waals surface area contributed by atoms with Gasteiger partial charge in [0.15, 0.2) is 5.96 Å². The van der Waals surface area contributed by atoms with Crippen LogP contribution in [-0.2, 0) is 13.0 Å². The lowest BCUT2D eigenvalue weighted by Crippen LogP contribution is -2.37. The van der Waals surface area contributed by atoms with Crippen LogP contribution in [-0.4, -0.2) is 24.7 Å². The number of rotatable bonds is 6. The van der Waals surface area contributed by atoms with Crippen LogP contribution in [0.15, 0.2) is 53.5 Å². The summed E-state index contributed by atoms with van der Waals surface area (Å²) in [5.41, 5.74) is 3.74. The van der Waals surface area contributed by atoms with Crippen molar-refractivity contribution in [3.8, 4) is 5.75 Å². The molecule has 2 aromatic carbocycles. The van der Waals surface area contributed by atoms with Gasteiger partial charge < -0.3 is 15.7 Å². The molecular weight excluding hydrogens is 286 g/mol. The number of aliphatic imine (C=N–C) groups is 1. The molecule has 2 rings (SSSR count). The Morgan fingerprint density at radius 1 is 0.957 bits per heavy atom. The van der Waals surface area contributed by atoms with Crippen molar-refractivity contribution in [2.75, 3.05) is 13.6 Å². The average molecular weight is 311 g/mol. The van der Waals surface area contributed by atoms with Gasteiger partial charge in [0.2, 0.25) is 0 Å². The SMILES string of the molecule is CN=C(NCCCc1ccc(O)cc1)NCc1ccc(C)cc1. The molecule has 4 heteroatoms. The van der Waals surface area contributed by atoms with E-state index in [2.05, 4.69) is 46.8 Å². The number of guanidine groups is 1. The molecule has 2 aromatic rings. The zero-order valence-corrected chi connectivity index (χ0v) is 13.8. The van der Waals surface area contributed by atoms with Crippen LogP contribution in [0.25, 0.3) is 0 Å². The van der Waals surface area contributed by atoms with Gasteiger partial charge in [0.1, 0.15) is 5.75 Å². The number of benzene rings is 2. The summed E-state index contributed by atoms with van der Waals surface area (Å²) in [6.45, 7) is 3.71. The topological polar surface area (TPSA) is 56.7 Å². The Morgan fingerprint density at radius 3 is 2.26 bits per heavy atom. The molecule has 122 valence electrons. The fourth-order valence-corrected chi connectivity index (χ4v) is 2.27. The van der Waals surface area contributed by atoms with Crippen molar-refractivity contribution >= 4 is 5.96 Å². The Balaban J connectivity index is 1.68. The molecule has 0 fully saturated rings. The quantitative estimate of drug-likeness (QED) is 0.437. The van der Waals surface area contributed by atoms with Crippen molar-refractivity contribution in [3.63, 3.8) is 0 Å². The number of nitrogens with zero attached hydrogens (tertiary/aromatic N) is 1. The van der Waals surface area contributed by atoms with Gasteiger partial charge in [-0.3, -0.25) is 4.99 Å². The predicted molar refractivity (Wildman–Crippen MR) is 95.8 cm³/mol. The first-order valence-corrected chi connectivity index (χ1v) is 7.95. The lowest BCUT2D eigenvalue weighted by Gasteiger charge is -2.12. The number of hydrogen-bond acceptors (Lipinski definition) is 2. The molecule has 0 heterocycles. The number of nitrogens with one attached hydrogen (secondary N) is 2. The molecule has 0 aliphatic heterocycles. The summed E-state index contributed by atoms with van der Waals surface area (Å²) in [6, 6.07) is 15.9. The van der Waals surface area contributed by atoms with Crippen molar-refractivity contribution in [3.05, 3.63) is 65.2 Å². The van der Waals surface area contributed by atoms with Crippen LogP contribution >= 0.6 is 0 Å². The highest BCUT2D eigenvalue weighted by Gasteiger charge is 1.99. The van der Waals surface area contributed by atoms with Gasteiger partial charge in [0.25, 0.3) is 0 Å². The summed E-state index contributed by atoms with van der Waals surface area (Å²) in [6.07, 6.45) is 1.98. The largest absolute Gasteiger partial charge is 0.508 e. The minimum atomic E-state index is 0.313. The van der Waals surface area contributed by atoms with Crippen molar-refractivity contribution in [1.82, 2.24) is 10.6 Å². The molecule has 0 aliphatic carbocycles. The van der Waals surface area contributed by atoms with E-state index >= 15 is 0 Å². The van der Waals surface area contributed by atoms with E-state index in [1.165, 1.54) is 16.7 Å². The van der Waals surface area contributed by atoms with Crippen LogP contribution in [0.4, 0.5) is 0 Å². The first kappa shape index (κ1) is 16.9. The fourth-order valence-electron chi connectivity index (χ4n) is 2.27. The van der Waals surface area contributed by atoms with Gasteiger partial charge in [0.05, 0.1) is 0 Å². The molecule has 0 saturated heterocycles. The molecule has 3 N–H and O–H groups in total. The van der Waals surface area contributed by atoms with E-state index in [0.717, 1.165) is 31.9 Å². The van der Waals surface area contributed by atoms with Crippen LogP contribution in [0.1, 0.15) is 23.1 Å². The summed E-state index contributed by atoms with van der Waals surface area (Å²) < 4.78 is 0. The molecule has 0 radical (unpaired) electrons. The molecule has 4 nitrogen and oxygen atoms in total. The molecular formula is C19H25N3O. The van der Waals surface area contributed by atoms with Gasteiger partial charge in [-0.25, -0.2) is 0 Å². The van der Waals surface area contributed by atoms with Crippen LogP contribution in [0, 0.1) is 6.92 Å². The molecule has 23 heavy (non-hydrogen) atoms. The Kier molecular flexibility index (Phi) is 6.48. The Bertz CT molecular complexity index is 618. The standard InChI is InChI=1S/C19H25N3O/c1-15-5-7-17(8-6-15)14-22-19(20-2)21-13-3-4-16-9-11-18(23)12-10-16/h5-12,23H,3-4,13-14H2,1-2H3,(H2,20,21,22). The average Bonchev–Trinajstić information content (AvgIpc) is 2.57. The highest BCUT2D eigenvalue weighted by atomic mass is 16.3. The van der Waals surface area contributed by atoms with Crippen molar-refractivity contribution < 1.29 is 5.11 Å². The number of phenolic OH excluding ortho intramolecular Hbond substituents is 1. The number of aryl methyl sites for hydroxylation is 2. The molecule has 0 aliphatic rings. The van der Waals surface area contributed by atoms with Gasteiger partial charge in [-0.15, -0.1) is 0 Å². The third-order valence-corrected chi connectivity index (χ3v) is 3.68. The van der Waals surface area contributed by atoms with E-state index in [4.69, 9.17) is 0 Å². The lowest BCUT2D eigenvalue weighted by molar-refractivity contribution is 0.475. The minimum Gasteiger partial charge on any atom is -0.508 e. The molecule has 0 amide bonds. The van der Waals surface area contributed by atoms with Crippen molar-refractivity contribution in [2.45, 2.75) is 26.3 Å². The van der Waals surface area contributed by atoms with Crippen molar-refractivity contribution in [2.24, 2.45) is 4.99 Å². The van der Waals surface area contributed by atoms with Gasteiger partial charge in [-0.1, -0.05) is 42.0 Å². The second-order valence-corrected chi connectivity index (χ2v) is 5.61. The summed E-state index contributed by atoms with van der Waals surface area (Å²) in [7, 11) is 1.78. The molecule has 0 saturated carbocycles. The first-order chi connectivity index (χ1) is 11.2. The molecule has 0 atom stereocenters. The highest BCUT2D eigenvalue weighted by molar-refractivity contribution is 5.79. The maximum Gasteiger partial charge on any atom is 0.191 e. The van der Waals surface area contributed by atoms with Gasteiger partial charge in [-0.05, 0) is 43.0 Å². The van der Waals surface area contributed by atoms with Crippen LogP contribution in [0.5, 0.6) is 5.75 Å². The summed E-state index contributed by atoms with van der Waals surface area (Å²) in [5.74, 6) is 1.13. The van der Waals surface area contributed by atoms with Crippen LogP contribution < -0.4 is 10.6 Å². The third-order valence-electron chi connectivity index (χ3n) is 3.68. The normalized spacial score (nSPS) is 11.3. The van der Waals surface area contributed by atoms with Crippen molar-refractivity contribution in [1.29, 1.82) is 0 Å². The predicted octanol–water partition coefficient (Wildman–Crippen LogP) is 3.00. The van der Waals surface area contributed by atoms with E-state index in [1.54, 1.807) is 19.2 Å². The first-order valence-electron chi connectivity index (χ1n) is 7.95. The van der Waals surface area contributed by atoms with Crippen LogP contribution in [0.2, 0.25) is 0 Å². The van der Waals surface area contributed by atoms with E-state index < -0.39 is 0 Å². The summed E-state index contributed by atoms with van der Waals surface area (Å²) in [4.78, 5) is 4.24. The van der Waals surface area contributed by atoms with Crippen LogP contribution in [0.3, 0.4) is 0 Å². The van der Waals surface area contributed by atoms with Gasteiger partial charge in [0, 0.05) is 20.1 Å². The number of phenols is 1. The zero-order valence-electron chi connectivity index (χ0n) is 13.8. The molecule has 0 unspecified atom stereocenters. The second kappa shape index (κ2) is 8.83. The van der Waals surface area contributed by atoms with E-state index in [1.807, 2.05) is 12.1 Å². The second-order valence-electron chi connectivity index (χ2n) is 5.61. The molecule has 0 aromatic heterocycles. The summed E-state index contributed by atoms with van der Waals surface area (Å²) in [5, 5.41) is 15.9. The zero-order chi connectivity index (χ0) is 16.5. The monoisotopic (exact) mass is 311 g/mol. The molecule has 0 bridgehead atoms. The fraction of sp³-hybridized carbons (Fsp3) is 0.316. The van der Waals surface area contributed by atoms with E-state index in [9.17, 15) is 5.11 Å². The Labute approximate surface area is 138 Å².